The van der Waals surface area contributed by atoms with E-state index in [1.807, 2.05) is 20.8 Å². The second-order valence-electron chi connectivity index (χ2n) is 7.95. The molecule has 0 radical (unpaired) electrons. The third-order valence-electron chi connectivity index (χ3n) is 4.10. The van der Waals surface area contributed by atoms with Crippen molar-refractivity contribution < 1.29 is 4.79 Å². The van der Waals surface area contributed by atoms with Gasteiger partial charge in [0.2, 0.25) is 5.91 Å². The second-order valence-corrected chi connectivity index (χ2v) is 7.95. The van der Waals surface area contributed by atoms with Crippen LogP contribution in [-0.2, 0) is 4.79 Å². The monoisotopic (exact) mass is 283 g/mol. The number of nitrogens with one attached hydrogen (secondary N) is 1. The summed E-state index contributed by atoms with van der Waals surface area (Å²) in [7, 11) is 0. The highest BCUT2D eigenvalue weighted by atomic mass is 16.1. The van der Waals surface area contributed by atoms with Gasteiger partial charge in [0, 0.05) is 24.5 Å². The Bertz CT molecular complexity index is 320. The molecule has 0 aromatic carbocycles. The topological polar surface area (TPSA) is 58.4 Å². The predicted octanol–water partition coefficient (Wildman–Crippen LogP) is 2.13. The van der Waals surface area contributed by atoms with Gasteiger partial charge in [0.1, 0.15) is 0 Å². The van der Waals surface area contributed by atoms with Gasteiger partial charge in [0.15, 0.2) is 0 Å². The lowest BCUT2D eigenvalue weighted by atomic mass is 9.85. The number of nitrogens with zero attached hydrogens (tertiary/aromatic N) is 1. The zero-order valence-electron chi connectivity index (χ0n) is 14.0. The number of hydrogen-bond donors (Lipinski definition) is 2. The number of likely N-dealkylation sites (tertiary alicyclic amines) is 1. The average Bonchev–Trinajstić information content (AvgIpc) is 2.45. The fourth-order valence-corrected chi connectivity index (χ4v) is 2.85. The molecule has 1 aliphatic heterocycles. The van der Waals surface area contributed by atoms with Gasteiger partial charge in [0.05, 0.1) is 0 Å². The minimum Gasteiger partial charge on any atom is -0.351 e. The van der Waals surface area contributed by atoms with Gasteiger partial charge in [-0.2, -0.15) is 0 Å². The van der Waals surface area contributed by atoms with E-state index in [2.05, 4.69) is 24.1 Å². The van der Waals surface area contributed by atoms with Crippen LogP contribution in [0.3, 0.4) is 0 Å². The Hall–Kier alpha value is -0.610. The molecule has 118 valence electrons. The Balaban J connectivity index is 2.55. The van der Waals surface area contributed by atoms with Crippen molar-refractivity contribution in [3.8, 4) is 0 Å². The van der Waals surface area contributed by atoms with Crippen LogP contribution in [0.2, 0.25) is 0 Å². The SMILES string of the molecule is CC1(C)CCCN(C(CN)CC(=O)NC(C)(C)C)CC1. The van der Waals surface area contributed by atoms with Crippen LogP contribution in [0, 0.1) is 5.41 Å². The number of carbonyl (C=O) groups is 1. The fourth-order valence-electron chi connectivity index (χ4n) is 2.85. The number of nitrogens with two attached hydrogens (primary N) is 1. The summed E-state index contributed by atoms with van der Waals surface area (Å²) >= 11 is 0. The molecule has 1 unspecified atom stereocenters. The molecular formula is C16H33N3O. The lowest BCUT2D eigenvalue weighted by Crippen LogP contribution is -2.47. The van der Waals surface area contributed by atoms with Crippen molar-refractivity contribution in [2.45, 2.75) is 71.9 Å². The van der Waals surface area contributed by atoms with Crippen molar-refractivity contribution in [1.82, 2.24) is 10.2 Å². The largest absolute Gasteiger partial charge is 0.351 e. The molecule has 1 heterocycles. The van der Waals surface area contributed by atoms with E-state index in [0.29, 0.717) is 18.4 Å². The summed E-state index contributed by atoms with van der Waals surface area (Å²) in [5, 5.41) is 3.03. The van der Waals surface area contributed by atoms with Gasteiger partial charge in [0.25, 0.3) is 0 Å². The van der Waals surface area contributed by atoms with Crippen LogP contribution in [0.4, 0.5) is 0 Å². The van der Waals surface area contributed by atoms with Gasteiger partial charge < -0.3 is 11.1 Å². The molecule has 0 aromatic rings. The average molecular weight is 283 g/mol. The maximum absolute atomic E-state index is 12.1. The summed E-state index contributed by atoms with van der Waals surface area (Å²) in [5.74, 6) is 0.108. The molecule has 0 spiro atoms. The normalized spacial score (nSPS) is 22.1. The van der Waals surface area contributed by atoms with E-state index < -0.39 is 0 Å². The van der Waals surface area contributed by atoms with Crippen LogP contribution in [0.1, 0.15) is 60.3 Å². The minimum atomic E-state index is -0.170. The van der Waals surface area contributed by atoms with Crippen LogP contribution in [-0.4, -0.2) is 42.0 Å². The lowest BCUT2D eigenvalue weighted by Gasteiger charge is -2.31. The van der Waals surface area contributed by atoms with Crippen LogP contribution in [0.15, 0.2) is 0 Å². The summed E-state index contributed by atoms with van der Waals surface area (Å²) < 4.78 is 0. The maximum Gasteiger partial charge on any atom is 0.222 e. The van der Waals surface area contributed by atoms with Crippen LogP contribution in [0.5, 0.6) is 0 Å². The molecule has 1 rings (SSSR count). The van der Waals surface area contributed by atoms with Crippen molar-refractivity contribution in [2.24, 2.45) is 11.1 Å². The molecule has 1 aliphatic rings. The first kappa shape index (κ1) is 17.4. The van der Waals surface area contributed by atoms with Gasteiger partial charge in [-0.25, -0.2) is 0 Å². The van der Waals surface area contributed by atoms with Crippen molar-refractivity contribution in [3.63, 3.8) is 0 Å². The molecule has 3 N–H and O–H groups in total. The Labute approximate surface area is 124 Å². The quantitative estimate of drug-likeness (QED) is 0.831. The highest BCUT2D eigenvalue weighted by Crippen LogP contribution is 2.30. The highest BCUT2D eigenvalue weighted by molar-refractivity contribution is 5.77. The molecule has 1 saturated heterocycles. The van der Waals surface area contributed by atoms with Gasteiger partial charge in [-0.05, 0) is 58.5 Å². The van der Waals surface area contributed by atoms with Crippen molar-refractivity contribution >= 4 is 5.91 Å². The van der Waals surface area contributed by atoms with E-state index >= 15 is 0 Å². The number of amides is 1. The molecule has 4 nitrogen and oxygen atoms in total. The Kier molecular flexibility index (Phi) is 6.02. The summed E-state index contributed by atoms with van der Waals surface area (Å²) in [4.78, 5) is 14.5. The zero-order valence-corrected chi connectivity index (χ0v) is 14.0. The van der Waals surface area contributed by atoms with Gasteiger partial charge in [-0.3, -0.25) is 9.69 Å². The van der Waals surface area contributed by atoms with Crippen LogP contribution in [0.25, 0.3) is 0 Å². The summed E-state index contributed by atoms with van der Waals surface area (Å²) in [6.45, 7) is 13.4. The standard InChI is InChI=1S/C16H33N3O/c1-15(2,3)18-14(20)11-13(12-17)19-9-6-7-16(4,5)8-10-19/h13H,6-12,17H2,1-5H3,(H,18,20). The third kappa shape index (κ3) is 6.23. The van der Waals surface area contributed by atoms with Crippen molar-refractivity contribution in [3.05, 3.63) is 0 Å². The van der Waals surface area contributed by atoms with E-state index in [4.69, 9.17) is 5.73 Å². The molecule has 1 atom stereocenters. The van der Waals surface area contributed by atoms with Crippen molar-refractivity contribution in [1.29, 1.82) is 0 Å². The zero-order chi connectivity index (χ0) is 15.4. The Morgan fingerprint density at radius 1 is 1.30 bits per heavy atom. The number of hydrogen-bond acceptors (Lipinski definition) is 3. The van der Waals surface area contributed by atoms with Gasteiger partial charge in [-0.1, -0.05) is 13.8 Å². The lowest BCUT2D eigenvalue weighted by molar-refractivity contribution is -0.123. The molecule has 0 saturated carbocycles. The van der Waals surface area contributed by atoms with Crippen LogP contribution >= 0.6 is 0 Å². The molecular weight excluding hydrogens is 250 g/mol. The smallest absolute Gasteiger partial charge is 0.222 e. The molecule has 4 heteroatoms. The summed E-state index contributed by atoms with van der Waals surface area (Å²) in [6.07, 6.45) is 4.15. The van der Waals surface area contributed by atoms with E-state index in [1.165, 1.54) is 19.3 Å². The minimum absolute atomic E-state index is 0.108. The highest BCUT2D eigenvalue weighted by Gasteiger charge is 2.28. The van der Waals surface area contributed by atoms with Crippen LogP contribution < -0.4 is 11.1 Å². The van der Waals surface area contributed by atoms with Gasteiger partial charge in [-0.15, -0.1) is 0 Å². The first-order chi connectivity index (χ1) is 9.13. The van der Waals surface area contributed by atoms with E-state index in [0.717, 1.165) is 13.1 Å². The van der Waals surface area contributed by atoms with E-state index in [1.54, 1.807) is 0 Å². The molecule has 0 aromatic heterocycles. The van der Waals surface area contributed by atoms with Gasteiger partial charge >= 0.3 is 0 Å². The molecule has 0 bridgehead atoms. The second kappa shape index (κ2) is 6.90. The first-order valence-electron chi connectivity index (χ1n) is 7.88. The molecule has 20 heavy (non-hydrogen) atoms. The maximum atomic E-state index is 12.1. The number of carbonyl (C=O) groups excluding carboxylic acids is 1. The molecule has 1 fully saturated rings. The summed E-state index contributed by atoms with van der Waals surface area (Å²) in [5.41, 5.74) is 6.16. The van der Waals surface area contributed by atoms with Crippen molar-refractivity contribution in [2.75, 3.05) is 19.6 Å². The third-order valence-corrected chi connectivity index (χ3v) is 4.10. The first-order valence-corrected chi connectivity index (χ1v) is 7.88. The molecule has 1 amide bonds. The van der Waals surface area contributed by atoms with E-state index in [-0.39, 0.29) is 17.5 Å². The molecule has 0 aliphatic carbocycles. The Morgan fingerprint density at radius 3 is 2.50 bits per heavy atom. The Morgan fingerprint density at radius 2 is 1.95 bits per heavy atom. The van der Waals surface area contributed by atoms with E-state index in [9.17, 15) is 4.79 Å². The predicted molar refractivity (Wildman–Crippen MR) is 84.6 cm³/mol. The summed E-state index contributed by atoms with van der Waals surface area (Å²) in [6, 6.07) is 0.172. The number of rotatable bonds is 4. The fraction of sp³-hybridized carbons (Fsp3) is 0.938.